The summed E-state index contributed by atoms with van der Waals surface area (Å²) in [5.41, 5.74) is 1.25. The third-order valence-corrected chi connectivity index (χ3v) is 3.29. The lowest BCUT2D eigenvalue weighted by molar-refractivity contribution is 0.0913. The highest BCUT2D eigenvalue weighted by molar-refractivity contribution is 5.92. The molecule has 0 fully saturated rings. The first-order valence-electron chi connectivity index (χ1n) is 7.84. The fraction of sp³-hybridized carbons (Fsp3) is 0.389. The third-order valence-electron chi connectivity index (χ3n) is 3.29. The normalized spacial score (nSPS) is 11.1. The van der Waals surface area contributed by atoms with E-state index in [2.05, 4.69) is 39.5 Å². The molecule has 1 heterocycles. The van der Waals surface area contributed by atoms with Crippen LogP contribution >= 0.6 is 0 Å². The minimum atomic E-state index is -0.291. The molecule has 0 unspecified atom stereocenters. The molecule has 1 aromatic heterocycles. The smallest absolute Gasteiger partial charge is 0.272 e. The van der Waals surface area contributed by atoms with E-state index in [0.29, 0.717) is 5.69 Å². The first-order chi connectivity index (χ1) is 10.9. The average Bonchev–Trinajstić information content (AvgIpc) is 2.52. The zero-order valence-electron chi connectivity index (χ0n) is 14.2. The van der Waals surface area contributed by atoms with Crippen molar-refractivity contribution < 1.29 is 4.79 Å². The van der Waals surface area contributed by atoms with Crippen molar-refractivity contribution in [2.45, 2.75) is 39.8 Å². The summed E-state index contributed by atoms with van der Waals surface area (Å²) in [4.78, 5) is 14.2. The molecule has 2 aromatic rings. The van der Waals surface area contributed by atoms with Crippen molar-refractivity contribution in [2.24, 2.45) is 0 Å². The number of aromatic nitrogens is 2. The molecule has 5 nitrogen and oxygen atoms in total. The Hall–Kier alpha value is -2.43. The Kier molecular flexibility index (Phi) is 5.32. The van der Waals surface area contributed by atoms with Gasteiger partial charge >= 0.3 is 0 Å². The van der Waals surface area contributed by atoms with E-state index in [1.54, 1.807) is 6.07 Å². The molecule has 0 aliphatic heterocycles. The van der Waals surface area contributed by atoms with Gasteiger partial charge in [0, 0.05) is 18.6 Å². The molecule has 0 bridgehead atoms. The molecule has 0 atom stereocenters. The van der Waals surface area contributed by atoms with Gasteiger partial charge < -0.3 is 10.2 Å². The molecule has 0 spiro atoms. The Labute approximate surface area is 137 Å². The number of anilines is 1. The van der Waals surface area contributed by atoms with Crippen LogP contribution in [0.1, 0.15) is 43.7 Å². The molecular weight excluding hydrogens is 288 g/mol. The van der Waals surface area contributed by atoms with Gasteiger partial charge in [-0.3, -0.25) is 4.79 Å². The zero-order valence-corrected chi connectivity index (χ0v) is 14.2. The SMILES string of the molecule is CCN(Cc1ccccc1)c1ccc(C(=O)NC(C)(C)C)nn1. The van der Waals surface area contributed by atoms with Crippen LogP contribution in [-0.2, 0) is 6.54 Å². The second-order valence-corrected chi connectivity index (χ2v) is 6.48. The van der Waals surface area contributed by atoms with Crippen LogP contribution in [0.5, 0.6) is 0 Å². The van der Waals surface area contributed by atoms with Crippen molar-refractivity contribution in [3.8, 4) is 0 Å². The van der Waals surface area contributed by atoms with Crippen LogP contribution in [0.3, 0.4) is 0 Å². The minimum absolute atomic E-state index is 0.206. The number of carbonyl (C=O) groups is 1. The molecule has 0 aliphatic carbocycles. The molecule has 122 valence electrons. The van der Waals surface area contributed by atoms with Crippen molar-refractivity contribution in [2.75, 3.05) is 11.4 Å². The topological polar surface area (TPSA) is 58.1 Å². The monoisotopic (exact) mass is 312 g/mol. The number of nitrogens with zero attached hydrogens (tertiary/aromatic N) is 3. The zero-order chi connectivity index (χ0) is 16.9. The van der Waals surface area contributed by atoms with Crippen molar-refractivity contribution in [3.05, 3.63) is 53.7 Å². The lowest BCUT2D eigenvalue weighted by Crippen LogP contribution is -2.41. The van der Waals surface area contributed by atoms with Gasteiger partial charge in [-0.25, -0.2) is 0 Å². The maximum Gasteiger partial charge on any atom is 0.272 e. The standard InChI is InChI=1S/C18H24N4O/c1-5-22(13-14-9-7-6-8-10-14)16-12-11-15(20-21-16)17(23)19-18(2,3)4/h6-12H,5,13H2,1-4H3,(H,19,23). The van der Waals surface area contributed by atoms with Gasteiger partial charge in [-0.15, -0.1) is 10.2 Å². The predicted molar refractivity (Wildman–Crippen MR) is 92.4 cm³/mol. The van der Waals surface area contributed by atoms with Gasteiger partial charge in [0.05, 0.1) is 0 Å². The van der Waals surface area contributed by atoms with E-state index in [1.807, 2.05) is 45.0 Å². The van der Waals surface area contributed by atoms with Gasteiger partial charge in [-0.05, 0) is 45.4 Å². The average molecular weight is 312 g/mol. The Bertz CT molecular complexity index is 632. The van der Waals surface area contributed by atoms with Gasteiger partial charge in [-0.1, -0.05) is 30.3 Å². The van der Waals surface area contributed by atoms with Crippen molar-refractivity contribution >= 4 is 11.7 Å². The largest absolute Gasteiger partial charge is 0.351 e. The summed E-state index contributed by atoms with van der Waals surface area (Å²) in [5.74, 6) is 0.561. The van der Waals surface area contributed by atoms with E-state index >= 15 is 0 Å². The van der Waals surface area contributed by atoms with E-state index in [-0.39, 0.29) is 11.4 Å². The highest BCUT2D eigenvalue weighted by Crippen LogP contribution is 2.14. The number of hydrogen-bond acceptors (Lipinski definition) is 4. The summed E-state index contributed by atoms with van der Waals surface area (Å²) < 4.78 is 0. The predicted octanol–water partition coefficient (Wildman–Crippen LogP) is 3.03. The number of amides is 1. The highest BCUT2D eigenvalue weighted by Gasteiger charge is 2.17. The second kappa shape index (κ2) is 7.22. The molecule has 23 heavy (non-hydrogen) atoms. The molecule has 1 N–H and O–H groups in total. The molecule has 1 aromatic carbocycles. The summed E-state index contributed by atoms with van der Waals surface area (Å²) in [6, 6.07) is 13.8. The summed E-state index contributed by atoms with van der Waals surface area (Å²) in [5, 5.41) is 11.2. The number of carbonyl (C=O) groups excluding carboxylic acids is 1. The van der Waals surface area contributed by atoms with Gasteiger partial charge in [0.15, 0.2) is 11.5 Å². The van der Waals surface area contributed by atoms with E-state index in [9.17, 15) is 4.79 Å². The van der Waals surface area contributed by atoms with Crippen molar-refractivity contribution in [1.82, 2.24) is 15.5 Å². The number of nitrogens with one attached hydrogen (secondary N) is 1. The molecule has 5 heteroatoms. The Morgan fingerprint density at radius 3 is 2.30 bits per heavy atom. The number of benzene rings is 1. The van der Waals surface area contributed by atoms with Gasteiger partial charge in [-0.2, -0.15) is 0 Å². The highest BCUT2D eigenvalue weighted by atomic mass is 16.2. The van der Waals surface area contributed by atoms with E-state index in [1.165, 1.54) is 5.56 Å². The van der Waals surface area contributed by atoms with Crippen LogP contribution in [0.2, 0.25) is 0 Å². The minimum Gasteiger partial charge on any atom is -0.351 e. The van der Waals surface area contributed by atoms with E-state index < -0.39 is 0 Å². The molecule has 0 radical (unpaired) electrons. The van der Waals surface area contributed by atoms with Crippen LogP contribution in [0.4, 0.5) is 5.82 Å². The Morgan fingerprint density at radius 2 is 1.78 bits per heavy atom. The van der Waals surface area contributed by atoms with E-state index in [0.717, 1.165) is 18.9 Å². The molecule has 0 saturated carbocycles. The summed E-state index contributed by atoms with van der Waals surface area (Å²) >= 11 is 0. The van der Waals surface area contributed by atoms with Gasteiger partial charge in [0.25, 0.3) is 5.91 Å². The maximum absolute atomic E-state index is 12.1. The molecule has 0 saturated heterocycles. The Morgan fingerprint density at radius 1 is 1.09 bits per heavy atom. The second-order valence-electron chi connectivity index (χ2n) is 6.48. The summed E-state index contributed by atoms with van der Waals surface area (Å²) in [7, 11) is 0. The lowest BCUT2D eigenvalue weighted by atomic mass is 10.1. The molecule has 2 rings (SSSR count). The molecular formula is C18H24N4O. The Balaban J connectivity index is 2.09. The molecule has 1 amide bonds. The van der Waals surface area contributed by atoms with Crippen molar-refractivity contribution in [1.29, 1.82) is 0 Å². The van der Waals surface area contributed by atoms with Gasteiger partial charge in [0.2, 0.25) is 0 Å². The summed E-state index contributed by atoms with van der Waals surface area (Å²) in [6.07, 6.45) is 0. The van der Waals surface area contributed by atoms with E-state index in [4.69, 9.17) is 0 Å². The maximum atomic E-state index is 12.1. The first kappa shape index (κ1) is 16.9. The fourth-order valence-electron chi connectivity index (χ4n) is 2.18. The third kappa shape index (κ3) is 5.06. The number of hydrogen-bond donors (Lipinski definition) is 1. The number of rotatable bonds is 5. The van der Waals surface area contributed by atoms with Crippen LogP contribution in [0.15, 0.2) is 42.5 Å². The lowest BCUT2D eigenvalue weighted by Gasteiger charge is -2.22. The van der Waals surface area contributed by atoms with Crippen LogP contribution in [-0.4, -0.2) is 28.2 Å². The quantitative estimate of drug-likeness (QED) is 0.922. The van der Waals surface area contributed by atoms with Crippen molar-refractivity contribution in [3.63, 3.8) is 0 Å². The first-order valence-corrected chi connectivity index (χ1v) is 7.84. The molecule has 0 aliphatic rings. The fourth-order valence-corrected chi connectivity index (χ4v) is 2.18. The van der Waals surface area contributed by atoms with Crippen LogP contribution in [0.25, 0.3) is 0 Å². The van der Waals surface area contributed by atoms with Gasteiger partial charge in [0.1, 0.15) is 0 Å². The van der Waals surface area contributed by atoms with Crippen LogP contribution in [0, 0.1) is 0 Å². The van der Waals surface area contributed by atoms with Crippen LogP contribution < -0.4 is 10.2 Å². The summed E-state index contributed by atoms with van der Waals surface area (Å²) in [6.45, 7) is 9.46.